The predicted molar refractivity (Wildman–Crippen MR) is 36.6 cm³/mol. The Morgan fingerprint density at radius 2 is 2.00 bits per heavy atom. The van der Waals surface area contributed by atoms with Crippen LogP contribution < -0.4 is 11.5 Å². The summed E-state index contributed by atoms with van der Waals surface area (Å²) < 4.78 is 0. The van der Waals surface area contributed by atoms with Gasteiger partial charge >= 0.3 is 0 Å². The molecule has 0 aromatic rings. The second kappa shape index (κ2) is 5.06. The lowest BCUT2D eigenvalue weighted by Gasteiger charge is -2.01. The Morgan fingerprint density at radius 1 is 1.38 bits per heavy atom. The molecule has 4 N–H and O–H groups in total. The molecule has 0 amide bonds. The third-order valence-electron chi connectivity index (χ3n) is 1.11. The SMILES string of the molecule is C[C@@H](N)CCCCN. The summed E-state index contributed by atoms with van der Waals surface area (Å²) in [7, 11) is 0. The summed E-state index contributed by atoms with van der Waals surface area (Å²) in [5.41, 5.74) is 10.8. The first-order valence-electron chi connectivity index (χ1n) is 3.23. The van der Waals surface area contributed by atoms with Gasteiger partial charge in [-0.2, -0.15) is 0 Å². The molecule has 0 fully saturated rings. The molecule has 0 unspecified atom stereocenters. The van der Waals surface area contributed by atoms with Gasteiger partial charge in [0.25, 0.3) is 0 Å². The monoisotopic (exact) mass is 116 g/mol. The Morgan fingerprint density at radius 3 is 2.38 bits per heavy atom. The molecule has 0 aliphatic heterocycles. The predicted octanol–water partition coefficient (Wildman–Crippen LogP) is 0.463. The molecule has 0 spiro atoms. The van der Waals surface area contributed by atoms with Gasteiger partial charge in [-0.15, -0.1) is 0 Å². The maximum absolute atomic E-state index is 5.49. The van der Waals surface area contributed by atoms with Gasteiger partial charge in [0.1, 0.15) is 0 Å². The number of hydrogen-bond donors (Lipinski definition) is 2. The molecule has 2 nitrogen and oxygen atoms in total. The van der Waals surface area contributed by atoms with Crippen LogP contribution in [-0.4, -0.2) is 12.6 Å². The number of nitrogens with two attached hydrogens (primary N) is 2. The number of hydrogen-bond acceptors (Lipinski definition) is 2. The van der Waals surface area contributed by atoms with Crippen LogP contribution in [0.25, 0.3) is 0 Å². The van der Waals surface area contributed by atoms with Crippen LogP contribution in [0.5, 0.6) is 0 Å². The fraction of sp³-hybridized carbons (Fsp3) is 1.00. The highest BCUT2D eigenvalue weighted by molar-refractivity contribution is 4.52. The second-order valence-electron chi connectivity index (χ2n) is 2.26. The van der Waals surface area contributed by atoms with Crippen molar-refractivity contribution >= 4 is 0 Å². The Hall–Kier alpha value is -0.0800. The van der Waals surface area contributed by atoms with Gasteiger partial charge in [0.2, 0.25) is 0 Å². The lowest BCUT2D eigenvalue weighted by Crippen LogP contribution is -2.14. The lowest BCUT2D eigenvalue weighted by molar-refractivity contribution is 0.602. The molecule has 0 aromatic heterocycles. The fourth-order valence-corrected chi connectivity index (χ4v) is 0.611. The standard InChI is InChI=1S/C6H16N2/c1-6(8)4-2-3-5-7/h6H,2-5,7-8H2,1H3/t6-/m1/s1. The van der Waals surface area contributed by atoms with Crippen molar-refractivity contribution in [2.75, 3.05) is 6.54 Å². The maximum Gasteiger partial charge on any atom is 0.00104 e. The van der Waals surface area contributed by atoms with Crippen LogP contribution in [0, 0.1) is 0 Å². The summed E-state index contributed by atoms with van der Waals surface area (Å²) in [6, 6.07) is 0.349. The third-order valence-corrected chi connectivity index (χ3v) is 1.11. The summed E-state index contributed by atoms with van der Waals surface area (Å²) >= 11 is 0. The minimum Gasteiger partial charge on any atom is -0.330 e. The topological polar surface area (TPSA) is 52.0 Å². The fourth-order valence-electron chi connectivity index (χ4n) is 0.611. The van der Waals surface area contributed by atoms with E-state index in [1.807, 2.05) is 6.92 Å². The van der Waals surface area contributed by atoms with E-state index in [4.69, 9.17) is 11.5 Å². The van der Waals surface area contributed by atoms with E-state index in [0.29, 0.717) is 6.04 Å². The Balaban J connectivity index is 2.72. The molecule has 0 rings (SSSR count). The molecule has 0 saturated heterocycles. The maximum atomic E-state index is 5.49. The highest BCUT2D eigenvalue weighted by Gasteiger charge is 1.90. The van der Waals surface area contributed by atoms with Crippen molar-refractivity contribution in [3.8, 4) is 0 Å². The minimum atomic E-state index is 0.349. The van der Waals surface area contributed by atoms with Crippen molar-refractivity contribution in [3.05, 3.63) is 0 Å². The van der Waals surface area contributed by atoms with E-state index in [1.54, 1.807) is 0 Å². The second-order valence-corrected chi connectivity index (χ2v) is 2.26. The zero-order valence-electron chi connectivity index (χ0n) is 5.56. The van der Waals surface area contributed by atoms with Crippen LogP contribution in [0.2, 0.25) is 0 Å². The number of unbranched alkanes of at least 4 members (excludes halogenated alkanes) is 1. The number of rotatable bonds is 4. The lowest BCUT2D eigenvalue weighted by atomic mass is 10.1. The smallest absolute Gasteiger partial charge is 0.00104 e. The van der Waals surface area contributed by atoms with Crippen molar-refractivity contribution in [2.45, 2.75) is 32.2 Å². The quantitative estimate of drug-likeness (QED) is 0.524. The molecule has 0 bridgehead atoms. The van der Waals surface area contributed by atoms with Crippen molar-refractivity contribution in [1.82, 2.24) is 0 Å². The summed E-state index contributed by atoms with van der Waals surface area (Å²) in [5.74, 6) is 0. The molecule has 0 saturated carbocycles. The van der Waals surface area contributed by atoms with E-state index in [0.717, 1.165) is 19.4 Å². The zero-order valence-corrected chi connectivity index (χ0v) is 5.56. The van der Waals surface area contributed by atoms with Gasteiger partial charge in [0.05, 0.1) is 0 Å². The van der Waals surface area contributed by atoms with Crippen LogP contribution in [0.15, 0.2) is 0 Å². The first kappa shape index (κ1) is 7.92. The first-order chi connectivity index (χ1) is 3.77. The third kappa shape index (κ3) is 5.92. The van der Waals surface area contributed by atoms with E-state index in [9.17, 15) is 0 Å². The van der Waals surface area contributed by atoms with Gasteiger partial charge in [-0.3, -0.25) is 0 Å². The molecular weight excluding hydrogens is 100 g/mol. The average molecular weight is 116 g/mol. The van der Waals surface area contributed by atoms with Gasteiger partial charge < -0.3 is 11.5 Å². The van der Waals surface area contributed by atoms with Crippen LogP contribution in [0.4, 0.5) is 0 Å². The first-order valence-corrected chi connectivity index (χ1v) is 3.23. The van der Waals surface area contributed by atoms with E-state index >= 15 is 0 Å². The van der Waals surface area contributed by atoms with E-state index < -0.39 is 0 Å². The molecule has 0 radical (unpaired) electrons. The van der Waals surface area contributed by atoms with Crippen molar-refractivity contribution in [1.29, 1.82) is 0 Å². The normalized spacial score (nSPS) is 13.9. The highest BCUT2D eigenvalue weighted by atomic mass is 14.6. The van der Waals surface area contributed by atoms with Gasteiger partial charge in [-0.1, -0.05) is 6.42 Å². The summed E-state index contributed by atoms with van der Waals surface area (Å²) in [6.07, 6.45) is 3.40. The van der Waals surface area contributed by atoms with E-state index in [-0.39, 0.29) is 0 Å². The van der Waals surface area contributed by atoms with Gasteiger partial charge in [-0.05, 0) is 26.3 Å². The van der Waals surface area contributed by atoms with Gasteiger partial charge in [0, 0.05) is 6.04 Å². The Kier molecular flexibility index (Phi) is 5.01. The van der Waals surface area contributed by atoms with Crippen LogP contribution >= 0.6 is 0 Å². The molecule has 2 heteroatoms. The van der Waals surface area contributed by atoms with Crippen LogP contribution in [0.1, 0.15) is 26.2 Å². The summed E-state index contributed by atoms with van der Waals surface area (Å²) in [4.78, 5) is 0. The molecule has 1 atom stereocenters. The minimum absolute atomic E-state index is 0.349. The Bertz CT molecular complexity index is 43.8. The molecule has 0 aliphatic carbocycles. The molecule has 8 heavy (non-hydrogen) atoms. The Labute approximate surface area is 51.2 Å². The van der Waals surface area contributed by atoms with Gasteiger partial charge in [-0.25, -0.2) is 0 Å². The largest absolute Gasteiger partial charge is 0.330 e. The zero-order chi connectivity index (χ0) is 6.41. The molecule has 0 aliphatic rings. The summed E-state index contributed by atoms with van der Waals surface area (Å²) in [6.45, 7) is 2.82. The van der Waals surface area contributed by atoms with Crippen molar-refractivity contribution < 1.29 is 0 Å². The van der Waals surface area contributed by atoms with E-state index in [2.05, 4.69) is 0 Å². The molecular formula is C6H16N2. The summed E-state index contributed by atoms with van der Waals surface area (Å²) in [5, 5.41) is 0. The van der Waals surface area contributed by atoms with Crippen LogP contribution in [0.3, 0.4) is 0 Å². The molecule has 50 valence electrons. The van der Waals surface area contributed by atoms with Crippen molar-refractivity contribution in [3.63, 3.8) is 0 Å². The van der Waals surface area contributed by atoms with Gasteiger partial charge in [0.15, 0.2) is 0 Å². The van der Waals surface area contributed by atoms with Crippen molar-refractivity contribution in [2.24, 2.45) is 11.5 Å². The van der Waals surface area contributed by atoms with Crippen LogP contribution in [-0.2, 0) is 0 Å². The molecule has 0 aromatic carbocycles. The highest BCUT2D eigenvalue weighted by Crippen LogP contribution is 1.95. The van der Waals surface area contributed by atoms with E-state index in [1.165, 1.54) is 6.42 Å². The molecule has 0 heterocycles. The average Bonchev–Trinajstić information content (AvgIpc) is 1.66.